The zero-order valence-corrected chi connectivity index (χ0v) is 14.9. The highest BCUT2D eigenvalue weighted by Gasteiger charge is 2.38. The Morgan fingerprint density at radius 2 is 2.04 bits per heavy atom. The Hall–Kier alpha value is -1.75. The summed E-state index contributed by atoms with van der Waals surface area (Å²) in [4.78, 5) is 13.7. The number of H-pyrrole nitrogens is 1. The van der Waals surface area contributed by atoms with E-state index in [0.717, 1.165) is 23.3 Å². The number of hydrogen-bond acceptors (Lipinski definition) is 6. The molecule has 0 aromatic carbocycles. The average molecular weight is 366 g/mol. The molecule has 0 amide bonds. The summed E-state index contributed by atoms with van der Waals surface area (Å²) in [6, 6.07) is 2.03. The number of hydrogen-bond donors (Lipinski definition) is 1. The van der Waals surface area contributed by atoms with Crippen molar-refractivity contribution in [1.29, 1.82) is 0 Å². The number of likely N-dealkylation sites (N-methyl/N-ethyl adjacent to an activating group) is 1. The van der Waals surface area contributed by atoms with Gasteiger partial charge in [-0.25, -0.2) is 9.97 Å². The number of rotatable bonds is 4. The lowest BCUT2D eigenvalue weighted by molar-refractivity contribution is 0.0706. The van der Waals surface area contributed by atoms with Crippen LogP contribution in [0.3, 0.4) is 0 Å². The predicted molar refractivity (Wildman–Crippen MR) is 93.6 cm³/mol. The Bertz CT molecular complexity index is 848. The molecule has 1 atom stereocenters. The highest BCUT2D eigenvalue weighted by atomic mass is 32.2. The van der Waals surface area contributed by atoms with E-state index >= 15 is 0 Å². The molecule has 0 saturated carbocycles. The molecule has 2 saturated heterocycles. The van der Waals surface area contributed by atoms with Gasteiger partial charge < -0.3 is 14.6 Å². The summed E-state index contributed by atoms with van der Waals surface area (Å²) < 4.78 is 34.0. The van der Waals surface area contributed by atoms with Crippen LogP contribution in [0.1, 0.15) is 6.42 Å². The molecule has 0 aliphatic carbocycles. The number of aromatic nitrogens is 3. The van der Waals surface area contributed by atoms with E-state index in [4.69, 9.17) is 4.74 Å². The van der Waals surface area contributed by atoms with Gasteiger partial charge in [0.1, 0.15) is 17.8 Å². The van der Waals surface area contributed by atoms with Gasteiger partial charge in [-0.15, -0.1) is 0 Å². The molecule has 0 spiro atoms. The number of nitrogens with one attached hydrogen (secondary N) is 1. The fourth-order valence-electron chi connectivity index (χ4n) is 3.49. The maximum Gasteiger partial charge on any atom is 0.282 e. The van der Waals surface area contributed by atoms with Crippen LogP contribution < -0.4 is 4.90 Å². The minimum Gasteiger partial charge on any atom is -0.379 e. The molecule has 0 unspecified atom stereocenters. The third-order valence-corrected chi connectivity index (χ3v) is 6.97. The van der Waals surface area contributed by atoms with Crippen LogP contribution in [0.15, 0.2) is 18.6 Å². The van der Waals surface area contributed by atoms with Gasteiger partial charge in [-0.3, -0.25) is 0 Å². The number of anilines is 1. The number of fused-ring (bicyclic) bond motifs is 1. The van der Waals surface area contributed by atoms with Crippen LogP contribution in [0.4, 0.5) is 5.82 Å². The zero-order chi connectivity index (χ0) is 17.4. The Balaban J connectivity index is 1.51. The third-order valence-electron chi connectivity index (χ3n) is 4.96. The molecule has 9 nitrogen and oxygen atoms in total. The van der Waals surface area contributed by atoms with Crippen LogP contribution in [-0.2, 0) is 14.9 Å². The summed E-state index contributed by atoms with van der Waals surface area (Å²) in [6.45, 7) is 2.76. The number of nitrogens with zero attached hydrogens (tertiary/aromatic N) is 5. The first-order valence-electron chi connectivity index (χ1n) is 8.41. The summed E-state index contributed by atoms with van der Waals surface area (Å²) in [7, 11) is -1.46. The lowest BCUT2D eigenvalue weighted by Crippen LogP contribution is -2.48. The summed E-state index contributed by atoms with van der Waals surface area (Å²) in [5, 5.41) is 0.944. The Kier molecular flexibility index (Phi) is 4.36. The molecular weight excluding hydrogens is 344 g/mol. The highest BCUT2D eigenvalue weighted by Crippen LogP contribution is 2.27. The normalized spacial score (nSPS) is 23.3. The third kappa shape index (κ3) is 2.99. The second kappa shape index (κ2) is 6.52. The number of morpholine rings is 1. The number of aromatic amines is 1. The summed E-state index contributed by atoms with van der Waals surface area (Å²) in [6.07, 6.45) is 4.14. The molecule has 25 heavy (non-hydrogen) atoms. The maximum absolute atomic E-state index is 12.8. The van der Waals surface area contributed by atoms with Crippen LogP contribution in [-0.4, -0.2) is 84.5 Å². The van der Waals surface area contributed by atoms with Crippen molar-refractivity contribution >= 4 is 27.1 Å². The molecule has 136 valence electrons. The minimum absolute atomic E-state index is 0.0869. The van der Waals surface area contributed by atoms with Gasteiger partial charge in [0.15, 0.2) is 0 Å². The molecule has 2 aromatic rings. The minimum atomic E-state index is -3.42. The van der Waals surface area contributed by atoms with Gasteiger partial charge >= 0.3 is 0 Å². The molecule has 10 heteroatoms. The monoisotopic (exact) mass is 366 g/mol. The molecule has 2 aromatic heterocycles. The molecule has 0 radical (unpaired) electrons. The highest BCUT2D eigenvalue weighted by molar-refractivity contribution is 7.86. The van der Waals surface area contributed by atoms with E-state index in [2.05, 4.69) is 19.9 Å². The predicted octanol–water partition coefficient (Wildman–Crippen LogP) is 0.0454. The zero-order valence-electron chi connectivity index (χ0n) is 14.1. The van der Waals surface area contributed by atoms with E-state index in [9.17, 15) is 8.42 Å². The van der Waals surface area contributed by atoms with Crippen LogP contribution in [0, 0.1) is 0 Å². The van der Waals surface area contributed by atoms with Crippen molar-refractivity contribution in [2.45, 2.75) is 12.5 Å². The largest absolute Gasteiger partial charge is 0.379 e. The molecule has 2 aliphatic rings. The van der Waals surface area contributed by atoms with Gasteiger partial charge in [-0.05, 0) is 12.5 Å². The number of ether oxygens (including phenoxy) is 1. The van der Waals surface area contributed by atoms with Gasteiger partial charge in [-0.2, -0.15) is 17.0 Å². The van der Waals surface area contributed by atoms with Gasteiger partial charge in [0.25, 0.3) is 10.2 Å². The van der Waals surface area contributed by atoms with E-state index in [0.29, 0.717) is 39.4 Å². The fraction of sp³-hybridized carbons (Fsp3) is 0.600. The van der Waals surface area contributed by atoms with Gasteiger partial charge in [0.05, 0.1) is 18.6 Å². The van der Waals surface area contributed by atoms with E-state index in [1.807, 2.05) is 19.3 Å². The second-order valence-corrected chi connectivity index (χ2v) is 8.30. The molecule has 0 bridgehead atoms. The molecule has 2 aliphatic heterocycles. The van der Waals surface area contributed by atoms with E-state index in [-0.39, 0.29) is 6.04 Å². The standard InChI is InChI=1S/C15H22N6O3S/c1-19(15-13-2-4-16-14(13)17-11-18-15)12-3-5-21(10-12)25(22,23)20-6-8-24-9-7-20/h2,4,11-12H,3,5-10H2,1H3,(H,16,17,18)/t12-/m1/s1. The smallest absolute Gasteiger partial charge is 0.282 e. The first-order chi connectivity index (χ1) is 12.1. The molecule has 1 N–H and O–H groups in total. The van der Waals surface area contributed by atoms with E-state index < -0.39 is 10.2 Å². The van der Waals surface area contributed by atoms with Crippen molar-refractivity contribution in [2.75, 3.05) is 51.3 Å². The van der Waals surface area contributed by atoms with Crippen molar-refractivity contribution in [3.05, 3.63) is 18.6 Å². The average Bonchev–Trinajstić information content (AvgIpc) is 3.31. The summed E-state index contributed by atoms with van der Waals surface area (Å²) in [5.74, 6) is 0.821. The van der Waals surface area contributed by atoms with Crippen LogP contribution in [0.25, 0.3) is 11.0 Å². The first kappa shape index (κ1) is 16.7. The molecule has 4 heterocycles. The van der Waals surface area contributed by atoms with Gasteiger partial charge in [0, 0.05) is 45.5 Å². The van der Waals surface area contributed by atoms with Crippen LogP contribution in [0.5, 0.6) is 0 Å². The lowest BCUT2D eigenvalue weighted by Gasteiger charge is -2.31. The SMILES string of the molecule is CN(c1ncnc2[nH]ccc12)[C@@H]1CCN(S(=O)(=O)N2CCOCC2)C1. The summed E-state index contributed by atoms with van der Waals surface area (Å²) >= 11 is 0. The van der Waals surface area contributed by atoms with Crippen LogP contribution in [0.2, 0.25) is 0 Å². The Labute approximate surface area is 146 Å². The van der Waals surface area contributed by atoms with Crippen LogP contribution >= 0.6 is 0 Å². The van der Waals surface area contributed by atoms with E-state index in [1.165, 1.54) is 10.6 Å². The van der Waals surface area contributed by atoms with Crippen molar-refractivity contribution < 1.29 is 13.2 Å². The lowest BCUT2D eigenvalue weighted by atomic mass is 10.2. The van der Waals surface area contributed by atoms with Gasteiger partial charge in [-0.1, -0.05) is 0 Å². The van der Waals surface area contributed by atoms with E-state index in [1.54, 1.807) is 4.31 Å². The van der Waals surface area contributed by atoms with Gasteiger partial charge in [0.2, 0.25) is 0 Å². The Morgan fingerprint density at radius 1 is 1.24 bits per heavy atom. The molecular formula is C15H22N6O3S. The second-order valence-electron chi connectivity index (χ2n) is 6.37. The fourth-order valence-corrected chi connectivity index (χ4v) is 5.12. The maximum atomic E-state index is 12.8. The van der Waals surface area contributed by atoms with Crippen molar-refractivity contribution in [2.24, 2.45) is 0 Å². The van der Waals surface area contributed by atoms with Crippen molar-refractivity contribution in [3.63, 3.8) is 0 Å². The topological polar surface area (TPSA) is 94.7 Å². The Morgan fingerprint density at radius 3 is 2.84 bits per heavy atom. The molecule has 2 fully saturated rings. The molecule has 4 rings (SSSR count). The van der Waals surface area contributed by atoms with Crippen molar-refractivity contribution in [3.8, 4) is 0 Å². The van der Waals surface area contributed by atoms with Crippen molar-refractivity contribution in [1.82, 2.24) is 23.6 Å². The quantitative estimate of drug-likeness (QED) is 0.821. The summed E-state index contributed by atoms with van der Waals surface area (Å²) in [5.41, 5.74) is 0.785. The first-order valence-corrected chi connectivity index (χ1v) is 9.81.